The standard InChI is InChI=1S/C20H21N3O5/c1-12(16-10-13-6-2-5-9-15(13)28-16)21-17(24)11-22-18(25)19(26)23(20(22)27)14-7-3-4-8-14/h2,5-6,9-10,12,14H,3-4,7-8,11H2,1H3,(H,21,24)/t12-/m1/s1. The van der Waals surface area contributed by atoms with Gasteiger partial charge in [0, 0.05) is 11.4 Å². The lowest BCUT2D eigenvalue weighted by Crippen LogP contribution is -2.43. The van der Waals surface area contributed by atoms with Crippen molar-refractivity contribution < 1.29 is 23.6 Å². The number of nitrogens with zero attached hydrogens (tertiary/aromatic N) is 2. The number of carbonyl (C=O) groups is 4. The second-order valence-corrected chi connectivity index (χ2v) is 7.26. The Bertz CT molecular complexity index is 927. The van der Waals surface area contributed by atoms with Gasteiger partial charge in [-0.1, -0.05) is 31.0 Å². The molecule has 2 heterocycles. The maximum atomic E-state index is 12.5. The van der Waals surface area contributed by atoms with Crippen molar-refractivity contribution in [2.45, 2.75) is 44.7 Å². The number of para-hydroxylation sites is 1. The van der Waals surface area contributed by atoms with E-state index >= 15 is 0 Å². The third-order valence-corrected chi connectivity index (χ3v) is 5.32. The zero-order valence-corrected chi connectivity index (χ0v) is 15.5. The van der Waals surface area contributed by atoms with E-state index in [0.717, 1.165) is 28.0 Å². The lowest BCUT2D eigenvalue weighted by atomic mass is 10.2. The highest BCUT2D eigenvalue weighted by molar-refractivity contribution is 6.45. The Labute approximate surface area is 161 Å². The van der Waals surface area contributed by atoms with E-state index in [1.54, 1.807) is 6.92 Å². The molecule has 2 aliphatic rings. The second kappa shape index (κ2) is 7.10. The van der Waals surface area contributed by atoms with Crippen molar-refractivity contribution in [3.8, 4) is 0 Å². The van der Waals surface area contributed by atoms with Crippen LogP contribution in [0.4, 0.5) is 4.79 Å². The summed E-state index contributed by atoms with van der Waals surface area (Å²) >= 11 is 0. The number of amides is 5. The van der Waals surface area contributed by atoms with Crippen LogP contribution in [0.1, 0.15) is 44.4 Å². The van der Waals surface area contributed by atoms with Gasteiger partial charge in [-0.3, -0.25) is 19.3 Å². The fourth-order valence-corrected chi connectivity index (χ4v) is 3.86. The van der Waals surface area contributed by atoms with Crippen LogP contribution in [0.25, 0.3) is 11.0 Å². The molecule has 146 valence electrons. The Morgan fingerprint density at radius 1 is 1.18 bits per heavy atom. The number of hydrogen-bond donors (Lipinski definition) is 1. The molecule has 0 spiro atoms. The highest BCUT2D eigenvalue weighted by Crippen LogP contribution is 2.28. The van der Waals surface area contributed by atoms with Crippen molar-refractivity contribution in [3.05, 3.63) is 36.1 Å². The minimum Gasteiger partial charge on any atom is -0.459 e. The van der Waals surface area contributed by atoms with Crippen LogP contribution in [-0.2, 0) is 14.4 Å². The summed E-state index contributed by atoms with van der Waals surface area (Å²) in [6, 6.07) is 7.92. The van der Waals surface area contributed by atoms with Crippen LogP contribution in [0.3, 0.4) is 0 Å². The molecule has 8 heteroatoms. The largest absolute Gasteiger partial charge is 0.459 e. The molecule has 4 rings (SSSR count). The monoisotopic (exact) mass is 383 g/mol. The van der Waals surface area contributed by atoms with Crippen LogP contribution >= 0.6 is 0 Å². The van der Waals surface area contributed by atoms with Crippen LogP contribution in [-0.4, -0.2) is 46.1 Å². The first kappa shape index (κ1) is 18.2. The van der Waals surface area contributed by atoms with Gasteiger partial charge in [-0.15, -0.1) is 0 Å². The van der Waals surface area contributed by atoms with Gasteiger partial charge in [0.15, 0.2) is 0 Å². The van der Waals surface area contributed by atoms with Gasteiger partial charge in [-0.2, -0.15) is 0 Å². The first-order valence-corrected chi connectivity index (χ1v) is 9.42. The Hall–Kier alpha value is -3.16. The summed E-state index contributed by atoms with van der Waals surface area (Å²) in [6.07, 6.45) is 3.25. The predicted molar refractivity (Wildman–Crippen MR) is 99.0 cm³/mol. The van der Waals surface area contributed by atoms with Gasteiger partial charge in [-0.05, 0) is 31.9 Å². The van der Waals surface area contributed by atoms with Crippen molar-refractivity contribution in [1.29, 1.82) is 0 Å². The maximum Gasteiger partial charge on any atom is 0.334 e. The minimum atomic E-state index is -0.941. The number of hydrogen-bond acceptors (Lipinski definition) is 5. The van der Waals surface area contributed by atoms with Crippen molar-refractivity contribution in [3.63, 3.8) is 0 Å². The van der Waals surface area contributed by atoms with Crippen molar-refractivity contribution in [2.24, 2.45) is 0 Å². The van der Waals surface area contributed by atoms with Gasteiger partial charge in [0.05, 0.1) is 6.04 Å². The minimum absolute atomic E-state index is 0.244. The van der Waals surface area contributed by atoms with Gasteiger partial charge in [0.25, 0.3) is 0 Å². The molecule has 8 nitrogen and oxygen atoms in total. The lowest BCUT2D eigenvalue weighted by Gasteiger charge is -2.21. The number of fused-ring (bicyclic) bond motifs is 1. The second-order valence-electron chi connectivity index (χ2n) is 7.26. The zero-order valence-electron chi connectivity index (χ0n) is 15.5. The summed E-state index contributed by atoms with van der Waals surface area (Å²) in [5, 5.41) is 3.63. The number of furan rings is 1. The number of imide groups is 2. The van der Waals surface area contributed by atoms with E-state index in [1.165, 1.54) is 0 Å². The summed E-state index contributed by atoms with van der Waals surface area (Å²) in [6.45, 7) is 1.26. The molecule has 1 N–H and O–H groups in total. The Morgan fingerprint density at radius 2 is 1.89 bits per heavy atom. The van der Waals surface area contributed by atoms with E-state index in [2.05, 4.69) is 5.32 Å². The number of nitrogens with one attached hydrogen (secondary N) is 1. The van der Waals surface area contributed by atoms with Gasteiger partial charge >= 0.3 is 17.8 Å². The van der Waals surface area contributed by atoms with Crippen LogP contribution in [0.15, 0.2) is 34.7 Å². The zero-order chi connectivity index (χ0) is 19.8. The van der Waals surface area contributed by atoms with Crippen LogP contribution in [0.2, 0.25) is 0 Å². The summed E-state index contributed by atoms with van der Waals surface area (Å²) in [5.41, 5.74) is 0.710. The highest BCUT2D eigenvalue weighted by atomic mass is 16.3. The Kier molecular flexibility index (Phi) is 4.62. The van der Waals surface area contributed by atoms with E-state index in [0.29, 0.717) is 24.2 Å². The van der Waals surface area contributed by atoms with Gasteiger partial charge in [0.1, 0.15) is 17.9 Å². The molecule has 5 amide bonds. The molecule has 0 unspecified atom stereocenters. The fraction of sp³-hybridized carbons (Fsp3) is 0.400. The van der Waals surface area contributed by atoms with Crippen LogP contribution < -0.4 is 5.32 Å². The highest BCUT2D eigenvalue weighted by Gasteiger charge is 2.48. The molecule has 0 radical (unpaired) electrons. The van der Waals surface area contributed by atoms with E-state index < -0.39 is 36.3 Å². The molecule has 2 fully saturated rings. The van der Waals surface area contributed by atoms with Crippen LogP contribution in [0, 0.1) is 0 Å². The smallest absolute Gasteiger partial charge is 0.334 e. The topological polar surface area (TPSA) is 99.9 Å². The van der Waals surface area contributed by atoms with E-state index in [-0.39, 0.29) is 6.04 Å². The van der Waals surface area contributed by atoms with Gasteiger partial charge in [-0.25, -0.2) is 9.69 Å². The molecule has 2 aromatic rings. The Balaban J connectivity index is 1.42. The molecule has 1 aliphatic heterocycles. The number of rotatable bonds is 5. The normalized spacial score (nSPS) is 19.1. The van der Waals surface area contributed by atoms with E-state index in [1.807, 2.05) is 30.3 Å². The van der Waals surface area contributed by atoms with Gasteiger partial charge < -0.3 is 9.73 Å². The molecule has 1 saturated heterocycles. The molecular formula is C20H21N3O5. The predicted octanol–water partition coefficient (Wildman–Crippen LogP) is 2.34. The van der Waals surface area contributed by atoms with Gasteiger partial charge in [0.2, 0.25) is 5.91 Å². The fourth-order valence-electron chi connectivity index (χ4n) is 3.86. The molecular weight excluding hydrogens is 362 g/mol. The SMILES string of the molecule is C[C@@H](NC(=O)CN1C(=O)C(=O)N(C2CCCC2)C1=O)c1cc2ccccc2o1. The first-order valence-electron chi connectivity index (χ1n) is 9.42. The average molecular weight is 383 g/mol. The molecule has 1 atom stereocenters. The summed E-state index contributed by atoms with van der Waals surface area (Å²) in [5.74, 6) is -1.74. The van der Waals surface area contributed by atoms with E-state index in [4.69, 9.17) is 4.42 Å². The molecule has 0 bridgehead atoms. The summed E-state index contributed by atoms with van der Waals surface area (Å²) < 4.78 is 5.72. The molecule has 1 saturated carbocycles. The van der Waals surface area contributed by atoms with E-state index in [9.17, 15) is 19.2 Å². The number of benzene rings is 1. The first-order chi connectivity index (χ1) is 13.5. The van der Waals surface area contributed by atoms with Crippen molar-refractivity contribution in [1.82, 2.24) is 15.1 Å². The average Bonchev–Trinajstić information content (AvgIpc) is 3.38. The maximum absolute atomic E-state index is 12.5. The molecule has 1 aliphatic carbocycles. The summed E-state index contributed by atoms with van der Waals surface area (Å²) in [4.78, 5) is 51.1. The molecule has 1 aromatic heterocycles. The molecule has 28 heavy (non-hydrogen) atoms. The van der Waals surface area contributed by atoms with Crippen molar-refractivity contribution in [2.75, 3.05) is 6.54 Å². The van der Waals surface area contributed by atoms with Crippen LogP contribution in [0.5, 0.6) is 0 Å². The quantitative estimate of drug-likeness (QED) is 0.631. The third kappa shape index (κ3) is 3.15. The summed E-state index contributed by atoms with van der Waals surface area (Å²) in [7, 11) is 0. The number of carbonyl (C=O) groups excluding carboxylic acids is 4. The number of urea groups is 1. The Morgan fingerprint density at radius 3 is 2.61 bits per heavy atom. The third-order valence-electron chi connectivity index (χ3n) is 5.32. The molecule has 1 aromatic carbocycles. The van der Waals surface area contributed by atoms with Crippen molar-refractivity contribution >= 4 is 34.7 Å². The lowest BCUT2D eigenvalue weighted by molar-refractivity contribution is -0.144.